The standard InChI is InChI=1S/C25H26ClNO3Si/c1-25(2,3)31(4,5)30-20-12-10-19(11-13-20)27-15-14-22-21(24(27)28)16-23(29-22)17-6-8-18(26)9-7-17/h6-16H,1-5H3. The molecule has 0 saturated heterocycles. The third-order valence-electron chi connectivity index (χ3n) is 6.01. The number of nitrogens with zero attached hydrogens (tertiary/aromatic N) is 1. The molecule has 0 aliphatic carbocycles. The second-order valence-corrected chi connectivity index (χ2v) is 14.4. The molecule has 31 heavy (non-hydrogen) atoms. The van der Waals surface area contributed by atoms with Crippen molar-refractivity contribution in [2.24, 2.45) is 0 Å². The lowest BCUT2D eigenvalue weighted by Gasteiger charge is -2.36. The molecule has 0 N–H and O–H groups in total. The fourth-order valence-corrected chi connectivity index (χ4v) is 4.28. The maximum Gasteiger partial charge on any atom is 0.266 e. The predicted octanol–water partition coefficient (Wildman–Crippen LogP) is 7.29. The van der Waals surface area contributed by atoms with Crippen LogP contribution in [-0.2, 0) is 0 Å². The van der Waals surface area contributed by atoms with Crippen molar-refractivity contribution in [1.82, 2.24) is 4.57 Å². The van der Waals surface area contributed by atoms with Crippen LogP contribution in [-0.4, -0.2) is 12.9 Å². The van der Waals surface area contributed by atoms with Crippen molar-refractivity contribution in [2.45, 2.75) is 38.9 Å². The molecule has 0 radical (unpaired) electrons. The summed E-state index contributed by atoms with van der Waals surface area (Å²) in [6, 6.07) is 18.6. The molecule has 0 unspecified atom stereocenters. The molecule has 0 fully saturated rings. The van der Waals surface area contributed by atoms with Gasteiger partial charge in [-0.25, -0.2) is 0 Å². The van der Waals surface area contributed by atoms with E-state index in [4.69, 9.17) is 20.4 Å². The normalized spacial score (nSPS) is 12.3. The molecule has 4 aromatic rings. The SMILES string of the molecule is CC(C)(C)[Si](C)(C)Oc1ccc(-n2ccc3oc(-c4ccc(Cl)cc4)cc3c2=O)cc1. The third-order valence-corrected chi connectivity index (χ3v) is 10.6. The molecular formula is C25H26ClNO3Si. The Morgan fingerprint density at radius 2 is 1.61 bits per heavy atom. The first-order valence-electron chi connectivity index (χ1n) is 10.3. The molecule has 0 aliphatic heterocycles. The zero-order valence-electron chi connectivity index (χ0n) is 18.4. The van der Waals surface area contributed by atoms with Gasteiger partial charge in [-0.05, 0) is 78.8 Å². The zero-order valence-corrected chi connectivity index (χ0v) is 20.2. The smallest absolute Gasteiger partial charge is 0.266 e. The predicted molar refractivity (Wildman–Crippen MR) is 130 cm³/mol. The van der Waals surface area contributed by atoms with Crippen LogP contribution in [0.25, 0.3) is 28.0 Å². The minimum atomic E-state index is -1.91. The number of hydrogen-bond acceptors (Lipinski definition) is 3. The largest absolute Gasteiger partial charge is 0.544 e. The lowest BCUT2D eigenvalue weighted by Crippen LogP contribution is -2.43. The van der Waals surface area contributed by atoms with E-state index in [-0.39, 0.29) is 10.6 Å². The number of pyridine rings is 1. The van der Waals surface area contributed by atoms with E-state index >= 15 is 0 Å². The Morgan fingerprint density at radius 3 is 2.23 bits per heavy atom. The van der Waals surface area contributed by atoms with Gasteiger partial charge in [-0.1, -0.05) is 32.4 Å². The van der Waals surface area contributed by atoms with E-state index in [1.807, 2.05) is 42.5 Å². The van der Waals surface area contributed by atoms with E-state index in [0.29, 0.717) is 21.8 Å². The topological polar surface area (TPSA) is 44.4 Å². The van der Waals surface area contributed by atoms with Gasteiger partial charge in [-0.3, -0.25) is 9.36 Å². The molecule has 2 aromatic carbocycles. The maximum atomic E-state index is 13.1. The highest BCUT2D eigenvalue weighted by atomic mass is 35.5. The molecule has 0 bridgehead atoms. The lowest BCUT2D eigenvalue weighted by atomic mass is 10.1. The van der Waals surface area contributed by atoms with Crippen molar-refractivity contribution < 1.29 is 8.84 Å². The van der Waals surface area contributed by atoms with E-state index < -0.39 is 8.32 Å². The van der Waals surface area contributed by atoms with Crippen LogP contribution in [0.3, 0.4) is 0 Å². The molecule has 0 atom stereocenters. The van der Waals surface area contributed by atoms with E-state index in [2.05, 4.69) is 33.9 Å². The van der Waals surface area contributed by atoms with Gasteiger partial charge in [0.15, 0.2) is 0 Å². The Balaban J connectivity index is 1.66. The zero-order chi connectivity index (χ0) is 22.4. The number of halogens is 1. The first-order chi connectivity index (χ1) is 14.5. The highest BCUT2D eigenvalue weighted by Gasteiger charge is 2.38. The summed E-state index contributed by atoms with van der Waals surface area (Å²) in [4.78, 5) is 13.1. The van der Waals surface area contributed by atoms with Gasteiger partial charge in [0.1, 0.15) is 17.1 Å². The van der Waals surface area contributed by atoms with Gasteiger partial charge in [-0.15, -0.1) is 0 Å². The summed E-state index contributed by atoms with van der Waals surface area (Å²) >= 11 is 5.97. The molecule has 0 saturated carbocycles. The van der Waals surface area contributed by atoms with Crippen LogP contribution in [0.4, 0.5) is 0 Å². The fourth-order valence-electron chi connectivity index (χ4n) is 3.12. The fraction of sp³-hybridized carbons (Fsp3) is 0.240. The Morgan fingerprint density at radius 1 is 0.968 bits per heavy atom. The van der Waals surface area contributed by atoms with Crippen molar-refractivity contribution in [3.8, 4) is 22.8 Å². The van der Waals surface area contributed by atoms with Crippen molar-refractivity contribution in [2.75, 3.05) is 0 Å². The second-order valence-electron chi connectivity index (χ2n) is 9.24. The van der Waals surface area contributed by atoms with Crippen molar-refractivity contribution >= 4 is 30.9 Å². The summed E-state index contributed by atoms with van der Waals surface area (Å²) in [5, 5.41) is 1.31. The molecule has 4 nitrogen and oxygen atoms in total. The molecule has 0 spiro atoms. The monoisotopic (exact) mass is 451 g/mol. The maximum absolute atomic E-state index is 13.1. The van der Waals surface area contributed by atoms with E-state index in [1.54, 1.807) is 29.0 Å². The van der Waals surface area contributed by atoms with Gasteiger partial charge in [0.2, 0.25) is 8.32 Å². The van der Waals surface area contributed by atoms with Gasteiger partial charge >= 0.3 is 0 Å². The summed E-state index contributed by atoms with van der Waals surface area (Å²) in [5.74, 6) is 1.47. The van der Waals surface area contributed by atoms with Crippen LogP contribution in [0.15, 0.2) is 76.1 Å². The summed E-state index contributed by atoms with van der Waals surface area (Å²) < 4.78 is 13.9. The number of rotatable bonds is 4. The summed E-state index contributed by atoms with van der Waals surface area (Å²) in [6.07, 6.45) is 1.74. The van der Waals surface area contributed by atoms with Crippen molar-refractivity contribution in [1.29, 1.82) is 0 Å². The van der Waals surface area contributed by atoms with Crippen LogP contribution in [0.2, 0.25) is 23.2 Å². The van der Waals surface area contributed by atoms with E-state index in [1.165, 1.54) is 0 Å². The number of benzene rings is 2. The van der Waals surface area contributed by atoms with Gasteiger partial charge in [0.25, 0.3) is 5.56 Å². The van der Waals surface area contributed by atoms with E-state index in [0.717, 1.165) is 17.0 Å². The molecule has 0 amide bonds. The van der Waals surface area contributed by atoms with Crippen molar-refractivity contribution in [3.05, 3.63) is 82.2 Å². The van der Waals surface area contributed by atoms with Crippen LogP contribution < -0.4 is 9.99 Å². The average Bonchev–Trinajstić information content (AvgIpc) is 3.14. The van der Waals surface area contributed by atoms with Crippen LogP contribution in [0, 0.1) is 0 Å². The Kier molecular flexibility index (Phi) is 5.36. The lowest BCUT2D eigenvalue weighted by molar-refractivity contribution is 0.492. The van der Waals surface area contributed by atoms with Gasteiger partial charge in [0, 0.05) is 22.5 Å². The number of furan rings is 1. The van der Waals surface area contributed by atoms with Gasteiger partial charge < -0.3 is 8.84 Å². The second kappa shape index (κ2) is 7.73. The Labute approximate surface area is 188 Å². The van der Waals surface area contributed by atoms with Crippen LogP contribution in [0.1, 0.15) is 20.8 Å². The molecular weight excluding hydrogens is 426 g/mol. The highest BCUT2D eigenvalue weighted by Crippen LogP contribution is 2.37. The molecule has 2 aromatic heterocycles. The van der Waals surface area contributed by atoms with E-state index in [9.17, 15) is 4.79 Å². The Bertz CT molecular complexity index is 1280. The summed E-state index contributed by atoms with van der Waals surface area (Å²) in [5.41, 5.74) is 2.09. The highest BCUT2D eigenvalue weighted by molar-refractivity contribution is 6.74. The quantitative estimate of drug-likeness (QED) is 0.306. The molecule has 160 valence electrons. The summed E-state index contributed by atoms with van der Waals surface area (Å²) in [7, 11) is -1.91. The molecule has 6 heteroatoms. The van der Waals surface area contributed by atoms with Gasteiger partial charge in [0.05, 0.1) is 5.39 Å². The number of fused-ring (bicyclic) bond motifs is 1. The minimum absolute atomic E-state index is 0.122. The average molecular weight is 452 g/mol. The van der Waals surface area contributed by atoms with Crippen LogP contribution >= 0.6 is 11.6 Å². The molecule has 4 rings (SSSR count). The molecule has 0 aliphatic rings. The molecule has 2 heterocycles. The number of hydrogen-bond donors (Lipinski definition) is 0. The number of aromatic nitrogens is 1. The van der Waals surface area contributed by atoms with Crippen molar-refractivity contribution in [3.63, 3.8) is 0 Å². The minimum Gasteiger partial charge on any atom is -0.544 e. The Hall–Kier alpha value is -2.76. The first-order valence-corrected chi connectivity index (χ1v) is 13.5. The van der Waals surface area contributed by atoms with Crippen LogP contribution in [0.5, 0.6) is 5.75 Å². The third kappa shape index (κ3) is 4.20. The van der Waals surface area contributed by atoms with Gasteiger partial charge in [-0.2, -0.15) is 0 Å². The first kappa shape index (κ1) is 21.5. The summed E-state index contributed by atoms with van der Waals surface area (Å²) in [6.45, 7) is 11.1.